The van der Waals surface area contributed by atoms with Gasteiger partial charge in [-0.2, -0.15) is 0 Å². The zero-order chi connectivity index (χ0) is 9.30. The molecule has 2 atom stereocenters. The molecule has 0 aromatic carbocycles. The number of hydrogen-bond acceptors (Lipinski definition) is 4. The number of carbonyl (C=O) groups excluding carboxylic acids is 1. The molecule has 0 radical (unpaired) electrons. The Kier molecular flexibility index (Phi) is 1.96. The highest BCUT2D eigenvalue weighted by Gasteiger charge is 2.41. The lowest BCUT2D eigenvalue weighted by Gasteiger charge is -2.01. The van der Waals surface area contributed by atoms with Crippen molar-refractivity contribution in [2.75, 3.05) is 0 Å². The Morgan fingerprint density at radius 1 is 1.33 bits per heavy atom. The molecule has 1 fully saturated rings. The number of nitrogens with one attached hydrogen (secondary N) is 1. The molecule has 2 unspecified atom stereocenters. The number of amides is 1. The van der Waals surface area contributed by atoms with E-state index in [0.29, 0.717) is 0 Å². The van der Waals surface area contributed by atoms with Gasteiger partial charge in [0.25, 0.3) is 5.91 Å². The van der Waals surface area contributed by atoms with E-state index in [-0.39, 0.29) is 0 Å². The van der Waals surface area contributed by atoms with Crippen LogP contribution in [0.3, 0.4) is 0 Å². The maximum Gasteiger partial charge on any atom is 0.354 e. The van der Waals surface area contributed by atoms with E-state index in [1.807, 2.05) is 5.32 Å². The summed E-state index contributed by atoms with van der Waals surface area (Å²) in [5, 5.41) is 18.4. The van der Waals surface area contributed by atoms with Gasteiger partial charge in [0.2, 0.25) is 12.3 Å². The number of carbonyl (C=O) groups is 3. The predicted octanol–water partition coefficient (Wildman–Crippen LogP) is -2.00. The molecule has 0 saturated carbocycles. The molecule has 12 heavy (non-hydrogen) atoms. The van der Waals surface area contributed by atoms with Crippen molar-refractivity contribution in [2.24, 2.45) is 0 Å². The summed E-state index contributed by atoms with van der Waals surface area (Å²) < 4.78 is 4.34. The summed E-state index contributed by atoms with van der Waals surface area (Å²) in [5.41, 5.74) is 0. The minimum Gasteiger partial charge on any atom is -0.479 e. The Morgan fingerprint density at radius 3 is 2.17 bits per heavy atom. The Balaban J connectivity index is 2.68. The fourth-order valence-corrected chi connectivity index (χ4v) is 0.727. The van der Waals surface area contributed by atoms with Gasteiger partial charge in [-0.3, -0.25) is 4.79 Å². The first-order valence-corrected chi connectivity index (χ1v) is 2.94. The predicted molar refractivity (Wildman–Crippen MR) is 32.1 cm³/mol. The number of rotatable bonds is 2. The van der Waals surface area contributed by atoms with Crippen molar-refractivity contribution in [1.82, 2.24) is 5.32 Å². The molecule has 66 valence electrons. The van der Waals surface area contributed by atoms with E-state index in [0.717, 1.165) is 0 Å². The van der Waals surface area contributed by atoms with Gasteiger partial charge in [-0.15, -0.1) is 0 Å². The minimum atomic E-state index is -1.72. The highest BCUT2D eigenvalue weighted by atomic mass is 16.6. The van der Waals surface area contributed by atoms with Crippen molar-refractivity contribution in [2.45, 2.75) is 12.3 Å². The van der Waals surface area contributed by atoms with Crippen molar-refractivity contribution in [3.63, 3.8) is 0 Å². The second-order valence-electron chi connectivity index (χ2n) is 2.08. The van der Waals surface area contributed by atoms with Gasteiger partial charge in [0.15, 0.2) is 0 Å². The average molecular weight is 175 g/mol. The summed E-state index contributed by atoms with van der Waals surface area (Å²) in [7, 11) is 0. The van der Waals surface area contributed by atoms with Crippen molar-refractivity contribution in [1.29, 1.82) is 0 Å². The van der Waals surface area contributed by atoms with Crippen LogP contribution in [0, 0.1) is 0 Å². The second-order valence-corrected chi connectivity index (χ2v) is 2.08. The van der Waals surface area contributed by atoms with E-state index < -0.39 is 30.2 Å². The lowest BCUT2D eigenvalue weighted by molar-refractivity contribution is -0.159. The molecule has 0 aliphatic carbocycles. The smallest absolute Gasteiger partial charge is 0.354 e. The molecular formula is C5H5NO6. The number of ether oxygens (including phenoxy) is 1. The molecule has 7 heteroatoms. The molecule has 1 aliphatic rings. The molecule has 3 N–H and O–H groups in total. The molecule has 1 heterocycles. The van der Waals surface area contributed by atoms with Gasteiger partial charge in [0.05, 0.1) is 0 Å². The average Bonchev–Trinajstić information content (AvgIpc) is 2.30. The Labute approximate surface area is 65.9 Å². The Morgan fingerprint density at radius 2 is 1.92 bits per heavy atom. The van der Waals surface area contributed by atoms with E-state index >= 15 is 0 Å². The largest absolute Gasteiger partial charge is 0.479 e. The Bertz CT molecular complexity index is 248. The first-order chi connectivity index (χ1) is 5.52. The number of carboxylic acids is 2. The lowest BCUT2D eigenvalue weighted by Crippen LogP contribution is -2.34. The number of carboxylic acid groups (broad SMARTS) is 2. The van der Waals surface area contributed by atoms with Gasteiger partial charge in [-0.1, -0.05) is 0 Å². The van der Waals surface area contributed by atoms with Crippen LogP contribution in [0.5, 0.6) is 0 Å². The third kappa shape index (κ3) is 1.35. The van der Waals surface area contributed by atoms with Crippen LogP contribution in [0.15, 0.2) is 0 Å². The highest BCUT2D eigenvalue weighted by molar-refractivity contribution is 6.03. The fourth-order valence-electron chi connectivity index (χ4n) is 0.727. The number of hydrogen-bond donors (Lipinski definition) is 3. The molecule has 1 amide bonds. The molecule has 0 bridgehead atoms. The van der Waals surface area contributed by atoms with Crippen LogP contribution in [-0.4, -0.2) is 40.4 Å². The standard InChI is InChI=1S/C5H5NO6/c7-2-1(4(8)9)12-3(6-2)5(10)11/h1,3H,(H,6,7)(H,8,9)(H,10,11). The van der Waals surface area contributed by atoms with E-state index in [2.05, 4.69) is 4.74 Å². The third-order valence-electron chi connectivity index (χ3n) is 1.23. The van der Waals surface area contributed by atoms with Crippen LogP contribution in [0.1, 0.15) is 0 Å². The maximum absolute atomic E-state index is 10.7. The third-order valence-corrected chi connectivity index (χ3v) is 1.23. The summed E-state index contributed by atoms with van der Waals surface area (Å²) >= 11 is 0. The molecule has 1 rings (SSSR count). The quantitative estimate of drug-likeness (QED) is 0.418. The molecule has 0 aromatic heterocycles. The summed E-state index contributed by atoms with van der Waals surface area (Å²) in [6.45, 7) is 0. The van der Waals surface area contributed by atoms with Gasteiger partial charge in [-0.05, 0) is 0 Å². The first kappa shape index (κ1) is 8.47. The van der Waals surface area contributed by atoms with E-state index in [1.165, 1.54) is 0 Å². The number of aliphatic carboxylic acids is 2. The van der Waals surface area contributed by atoms with Crippen molar-refractivity contribution in [3.8, 4) is 0 Å². The van der Waals surface area contributed by atoms with Crippen LogP contribution in [0.2, 0.25) is 0 Å². The fraction of sp³-hybridized carbons (Fsp3) is 0.400. The Hall–Kier alpha value is -1.63. The van der Waals surface area contributed by atoms with Gasteiger partial charge >= 0.3 is 11.9 Å². The summed E-state index contributed by atoms with van der Waals surface area (Å²) in [5.74, 6) is -3.88. The SMILES string of the molecule is O=C(O)C1NC(=O)C(C(=O)O)O1. The van der Waals surface area contributed by atoms with E-state index in [9.17, 15) is 14.4 Å². The summed E-state index contributed by atoms with van der Waals surface area (Å²) in [6, 6.07) is 0. The van der Waals surface area contributed by atoms with Gasteiger partial charge in [-0.25, -0.2) is 9.59 Å². The van der Waals surface area contributed by atoms with Gasteiger partial charge < -0.3 is 20.3 Å². The van der Waals surface area contributed by atoms with E-state index in [1.54, 1.807) is 0 Å². The molecular weight excluding hydrogens is 170 g/mol. The van der Waals surface area contributed by atoms with Crippen molar-refractivity contribution < 1.29 is 29.3 Å². The molecule has 0 spiro atoms. The molecule has 0 aromatic rings. The van der Waals surface area contributed by atoms with Crippen LogP contribution in [0.25, 0.3) is 0 Å². The summed E-state index contributed by atoms with van der Waals surface area (Å²) in [4.78, 5) is 31.0. The minimum absolute atomic E-state index is 0.949. The van der Waals surface area contributed by atoms with Crippen LogP contribution >= 0.6 is 0 Å². The monoisotopic (exact) mass is 175 g/mol. The van der Waals surface area contributed by atoms with Gasteiger partial charge in [0, 0.05) is 0 Å². The molecule has 1 saturated heterocycles. The zero-order valence-corrected chi connectivity index (χ0v) is 5.68. The van der Waals surface area contributed by atoms with Crippen molar-refractivity contribution in [3.05, 3.63) is 0 Å². The summed E-state index contributed by atoms with van der Waals surface area (Å²) in [6.07, 6.45) is -3.27. The van der Waals surface area contributed by atoms with Crippen LogP contribution in [0.4, 0.5) is 0 Å². The van der Waals surface area contributed by atoms with E-state index in [4.69, 9.17) is 10.2 Å². The van der Waals surface area contributed by atoms with Gasteiger partial charge in [0.1, 0.15) is 0 Å². The normalized spacial score (nSPS) is 28.2. The lowest BCUT2D eigenvalue weighted by atomic mass is 10.3. The topological polar surface area (TPSA) is 113 Å². The maximum atomic E-state index is 10.7. The zero-order valence-electron chi connectivity index (χ0n) is 5.68. The second kappa shape index (κ2) is 2.78. The van der Waals surface area contributed by atoms with Crippen molar-refractivity contribution >= 4 is 17.8 Å². The molecule has 7 nitrogen and oxygen atoms in total. The highest BCUT2D eigenvalue weighted by Crippen LogP contribution is 2.06. The van der Waals surface area contributed by atoms with Crippen LogP contribution < -0.4 is 5.32 Å². The first-order valence-electron chi connectivity index (χ1n) is 2.94. The van der Waals surface area contributed by atoms with Crippen LogP contribution in [-0.2, 0) is 19.1 Å². The molecule has 1 aliphatic heterocycles.